The number of para-hydroxylation sites is 2. The molecule has 2 heterocycles. The highest BCUT2D eigenvalue weighted by Crippen LogP contribution is 2.20. The fraction of sp³-hybridized carbons (Fsp3) is 0.290. The summed E-state index contributed by atoms with van der Waals surface area (Å²) in [5, 5.41) is 36.7. The number of amides is 3. The van der Waals surface area contributed by atoms with Gasteiger partial charge in [0, 0.05) is 47.0 Å². The Kier molecular flexibility index (Phi) is 10.7. The first-order valence-corrected chi connectivity index (χ1v) is 14.4. The van der Waals surface area contributed by atoms with Crippen LogP contribution < -0.4 is 21.7 Å². The number of carboxylic acids is 3. The fourth-order valence-corrected chi connectivity index (χ4v) is 5.09. The summed E-state index contributed by atoms with van der Waals surface area (Å²) in [4.78, 5) is 80.5. The number of hydrogen-bond acceptors (Lipinski definition) is 7. The van der Waals surface area contributed by atoms with Gasteiger partial charge in [0.15, 0.2) is 0 Å². The summed E-state index contributed by atoms with van der Waals surface area (Å²) in [6, 6.07) is 8.67. The minimum Gasteiger partial charge on any atom is -0.481 e. The first kappa shape index (κ1) is 33.2. The molecule has 0 bridgehead atoms. The highest BCUT2D eigenvalue weighted by Gasteiger charge is 2.32. The lowest BCUT2D eigenvalue weighted by Crippen LogP contribution is -2.58. The van der Waals surface area contributed by atoms with E-state index in [1.165, 1.54) is 0 Å². The molecule has 4 unspecified atom stereocenters. The van der Waals surface area contributed by atoms with Gasteiger partial charge in [-0.25, -0.2) is 4.79 Å². The van der Waals surface area contributed by atoms with Crippen LogP contribution in [0, 0.1) is 0 Å². The molecule has 4 rings (SSSR count). The second kappa shape index (κ2) is 14.9. The number of aromatic amines is 2. The van der Waals surface area contributed by atoms with Crippen LogP contribution in [0.15, 0.2) is 60.9 Å². The Balaban J connectivity index is 1.53. The molecule has 3 amide bonds. The van der Waals surface area contributed by atoms with Crippen molar-refractivity contribution < 1.29 is 44.1 Å². The molecule has 0 saturated heterocycles. The molecule has 15 heteroatoms. The van der Waals surface area contributed by atoms with E-state index in [0.717, 1.165) is 22.0 Å². The van der Waals surface area contributed by atoms with E-state index >= 15 is 0 Å². The number of H-pyrrole nitrogens is 2. The summed E-state index contributed by atoms with van der Waals surface area (Å²) in [6.07, 6.45) is 1.44. The molecular formula is C31H34N6O9. The first-order valence-electron chi connectivity index (χ1n) is 14.4. The Labute approximate surface area is 261 Å². The molecule has 4 aromatic rings. The lowest BCUT2D eigenvalue weighted by atomic mass is 10.0. The second-order valence-corrected chi connectivity index (χ2v) is 10.8. The number of rotatable bonds is 16. The van der Waals surface area contributed by atoms with Crippen LogP contribution in [-0.4, -0.2) is 85.1 Å². The minimum atomic E-state index is -1.64. The van der Waals surface area contributed by atoms with E-state index in [1.807, 2.05) is 24.3 Å². The molecule has 4 atom stereocenters. The molecule has 46 heavy (non-hydrogen) atoms. The van der Waals surface area contributed by atoms with Gasteiger partial charge < -0.3 is 47.0 Å². The molecule has 2 aromatic carbocycles. The summed E-state index contributed by atoms with van der Waals surface area (Å²) in [6.45, 7) is 0. The van der Waals surface area contributed by atoms with Crippen LogP contribution in [0.2, 0.25) is 0 Å². The van der Waals surface area contributed by atoms with Crippen molar-refractivity contribution in [2.24, 2.45) is 5.73 Å². The summed E-state index contributed by atoms with van der Waals surface area (Å²) >= 11 is 0. The maximum absolute atomic E-state index is 13.5. The van der Waals surface area contributed by atoms with Crippen LogP contribution in [0.5, 0.6) is 0 Å². The number of nitrogens with one attached hydrogen (secondary N) is 5. The van der Waals surface area contributed by atoms with E-state index in [1.54, 1.807) is 36.7 Å². The molecule has 2 aromatic heterocycles. The number of carbonyl (C=O) groups excluding carboxylic acids is 3. The molecule has 10 N–H and O–H groups in total. The van der Waals surface area contributed by atoms with Crippen molar-refractivity contribution >= 4 is 57.4 Å². The summed E-state index contributed by atoms with van der Waals surface area (Å²) in [5.41, 5.74) is 9.01. The zero-order valence-electron chi connectivity index (χ0n) is 24.5. The topological polar surface area (TPSA) is 257 Å². The van der Waals surface area contributed by atoms with Crippen LogP contribution in [-0.2, 0) is 41.6 Å². The lowest BCUT2D eigenvalue weighted by Gasteiger charge is -2.24. The third-order valence-corrected chi connectivity index (χ3v) is 7.46. The van der Waals surface area contributed by atoms with E-state index in [9.17, 15) is 39.0 Å². The molecule has 0 aliphatic rings. The molecule has 15 nitrogen and oxygen atoms in total. The highest BCUT2D eigenvalue weighted by atomic mass is 16.4. The first-order chi connectivity index (χ1) is 21.9. The van der Waals surface area contributed by atoms with Crippen molar-refractivity contribution in [1.29, 1.82) is 0 Å². The van der Waals surface area contributed by atoms with Gasteiger partial charge in [-0.3, -0.25) is 24.0 Å². The number of hydrogen-bond donors (Lipinski definition) is 9. The van der Waals surface area contributed by atoms with Gasteiger partial charge >= 0.3 is 17.9 Å². The van der Waals surface area contributed by atoms with Gasteiger partial charge in [-0.2, -0.15) is 0 Å². The van der Waals surface area contributed by atoms with E-state index < -0.39 is 79.1 Å². The Morgan fingerprint density at radius 1 is 0.652 bits per heavy atom. The minimum absolute atomic E-state index is 0.0791. The molecule has 0 radical (unpaired) electrons. The van der Waals surface area contributed by atoms with Gasteiger partial charge in [-0.15, -0.1) is 0 Å². The molecular weight excluding hydrogens is 600 g/mol. The van der Waals surface area contributed by atoms with Crippen LogP contribution >= 0.6 is 0 Å². The van der Waals surface area contributed by atoms with Crippen LogP contribution in [0.3, 0.4) is 0 Å². The average molecular weight is 635 g/mol. The molecule has 242 valence electrons. The number of fused-ring (bicyclic) bond motifs is 2. The molecule has 0 fully saturated rings. The standard InChI is InChI=1S/C31H34N6O9/c32-20(11-16-14-33-21-7-3-1-5-18(16)21)28(42)36-25(13-27(40)41)30(44)37-24(12-17-15-34-22-8-4-2-6-19(17)22)29(43)35-23(31(45)46)9-10-26(38)39/h1-8,14-15,20,23-25,33-34H,9-13,32H2,(H,35,43)(H,36,42)(H,37,44)(H,38,39)(H,40,41)(H,45,46). The van der Waals surface area contributed by atoms with E-state index in [2.05, 4.69) is 25.9 Å². The number of nitrogens with two attached hydrogens (primary N) is 1. The Morgan fingerprint density at radius 3 is 1.70 bits per heavy atom. The van der Waals surface area contributed by atoms with E-state index in [4.69, 9.17) is 10.8 Å². The number of carboxylic acid groups (broad SMARTS) is 3. The zero-order valence-corrected chi connectivity index (χ0v) is 24.5. The molecule has 0 saturated carbocycles. The van der Waals surface area contributed by atoms with Gasteiger partial charge in [-0.05, 0) is 36.1 Å². The predicted octanol–water partition coefficient (Wildman–Crippen LogP) is 0.640. The third-order valence-electron chi connectivity index (χ3n) is 7.46. The van der Waals surface area contributed by atoms with E-state index in [0.29, 0.717) is 10.9 Å². The van der Waals surface area contributed by atoms with Crippen LogP contribution in [0.4, 0.5) is 0 Å². The van der Waals surface area contributed by atoms with Gasteiger partial charge in [0.25, 0.3) is 0 Å². The molecule has 0 spiro atoms. The van der Waals surface area contributed by atoms with Gasteiger partial charge in [0.2, 0.25) is 17.7 Å². The molecule has 0 aliphatic carbocycles. The SMILES string of the molecule is NC(Cc1c[nH]c2ccccc12)C(=O)NC(CC(=O)O)C(=O)NC(Cc1c[nH]c2ccccc12)C(=O)NC(CCC(=O)O)C(=O)O. The fourth-order valence-electron chi connectivity index (χ4n) is 5.09. The smallest absolute Gasteiger partial charge is 0.326 e. The maximum Gasteiger partial charge on any atom is 0.326 e. The summed E-state index contributed by atoms with van der Waals surface area (Å²) < 4.78 is 0. The maximum atomic E-state index is 13.5. The largest absolute Gasteiger partial charge is 0.481 e. The zero-order chi connectivity index (χ0) is 33.4. The molecule has 0 aliphatic heterocycles. The van der Waals surface area contributed by atoms with Gasteiger partial charge in [-0.1, -0.05) is 36.4 Å². The van der Waals surface area contributed by atoms with Crippen molar-refractivity contribution in [2.45, 2.75) is 56.3 Å². The third kappa shape index (κ3) is 8.47. The number of benzene rings is 2. The average Bonchev–Trinajstić information content (AvgIpc) is 3.61. The predicted molar refractivity (Wildman–Crippen MR) is 165 cm³/mol. The Bertz CT molecular complexity index is 1760. The Hall–Kier alpha value is -5.70. The van der Waals surface area contributed by atoms with Gasteiger partial charge in [0.1, 0.15) is 18.1 Å². The van der Waals surface area contributed by atoms with Gasteiger partial charge in [0.05, 0.1) is 12.5 Å². The van der Waals surface area contributed by atoms with Crippen molar-refractivity contribution in [3.63, 3.8) is 0 Å². The van der Waals surface area contributed by atoms with Crippen LogP contribution in [0.1, 0.15) is 30.4 Å². The van der Waals surface area contributed by atoms with Crippen molar-refractivity contribution in [3.05, 3.63) is 72.1 Å². The van der Waals surface area contributed by atoms with Crippen LogP contribution in [0.25, 0.3) is 21.8 Å². The van der Waals surface area contributed by atoms with Crippen molar-refractivity contribution in [2.75, 3.05) is 0 Å². The van der Waals surface area contributed by atoms with Crippen molar-refractivity contribution in [1.82, 2.24) is 25.9 Å². The number of carbonyl (C=O) groups is 6. The summed E-state index contributed by atoms with van der Waals surface area (Å²) in [5.74, 6) is -6.93. The second-order valence-electron chi connectivity index (χ2n) is 10.8. The summed E-state index contributed by atoms with van der Waals surface area (Å²) in [7, 11) is 0. The number of aromatic nitrogens is 2. The van der Waals surface area contributed by atoms with E-state index in [-0.39, 0.29) is 12.8 Å². The Morgan fingerprint density at radius 2 is 1.15 bits per heavy atom. The monoisotopic (exact) mass is 634 g/mol. The number of aliphatic carboxylic acids is 3. The normalized spacial score (nSPS) is 13.8. The van der Waals surface area contributed by atoms with Crippen molar-refractivity contribution in [3.8, 4) is 0 Å². The quantitative estimate of drug-likeness (QED) is 0.0831. The lowest BCUT2D eigenvalue weighted by molar-refractivity contribution is -0.144. The highest BCUT2D eigenvalue weighted by molar-refractivity contribution is 5.96.